The smallest absolute Gasteiger partial charge is 0.223 e. The maximum Gasteiger partial charge on any atom is 0.223 e. The number of carbonyl (C=O) groups excluding carboxylic acids is 1. The van der Waals surface area contributed by atoms with Gasteiger partial charge < -0.3 is 15.5 Å². The lowest BCUT2D eigenvalue weighted by Gasteiger charge is -2.21. The Morgan fingerprint density at radius 3 is 2.62 bits per heavy atom. The maximum absolute atomic E-state index is 12.1. The first-order chi connectivity index (χ1) is 11.7. The van der Waals surface area contributed by atoms with E-state index in [2.05, 4.69) is 25.5 Å². The number of hydrogen-bond acceptors (Lipinski definition) is 5. The van der Waals surface area contributed by atoms with Crippen LogP contribution in [0.15, 0.2) is 6.07 Å². The SMILES string of the molecule is Cc1nc(NCCNC(=O)C2CCCCC2)cc(N2CCCC2)n1. The van der Waals surface area contributed by atoms with E-state index in [1.807, 2.05) is 13.0 Å². The highest BCUT2D eigenvalue weighted by atomic mass is 16.1. The van der Waals surface area contributed by atoms with Gasteiger partial charge in [-0.1, -0.05) is 19.3 Å². The lowest BCUT2D eigenvalue weighted by molar-refractivity contribution is -0.125. The minimum absolute atomic E-state index is 0.216. The number of aromatic nitrogens is 2. The van der Waals surface area contributed by atoms with Crippen LogP contribution >= 0.6 is 0 Å². The zero-order chi connectivity index (χ0) is 16.8. The molecule has 132 valence electrons. The molecule has 1 aliphatic carbocycles. The second-order valence-electron chi connectivity index (χ2n) is 6.91. The van der Waals surface area contributed by atoms with Crippen molar-refractivity contribution < 1.29 is 4.79 Å². The monoisotopic (exact) mass is 331 g/mol. The summed E-state index contributed by atoms with van der Waals surface area (Å²) in [5.41, 5.74) is 0. The highest BCUT2D eigenvalue weighted by Crippen LogP contribution is 2.23. The Morgan fingerprint density at radius 2 is 1.88 bits per heavy atom. The van der Waals surface area contributed by atoms with Crippen molar-refractivity contribution in [3.8, 4) is 0 Å². The molecule has 1 saturated carbocycles. The van der Waals surface area contributed by atoms with Crippen LogP contribution in [-0.2, 0) is 4.79 Å². The molecular weight excluding hydrogens is 302 g/mol. The third-order valence-corrected chi connectivity index (χ3v) is 4.96. The molecule has 3 rings (SSSR count). The molecule has 0 bridgehead atoms. The van der Waals surface area contributed by atoms with E-state index in [0.717, 1.165) is 43.4 Å². The molecule has 2 N–H and O–H groups in total. The van der Waals surface area contributed by atoms with E-state index in [1.165, 1.54) is 32.1 Å². The summed E-state index contributed by atoms with van der Waals surface area (Å²) in [6, 6.07) is 2.02. The van der Waals surface area contributed by atoms with Gasteiger partial charge in [0, 0.05) is 38.2 Å². The molecule has 1 saturated heterocycles. The van der Waals surface area contributed by atoms with Crippen LogP contribution in [0.4, 0.5) is 11.6 Å². The van der Waals surface area contributed by atoms with Gasteiger partial charge in [0.25, 0.3) is 0 Å². The molecule has 1 amide bonds. The number of anilines is 2. The third-order valence-electron chi connectivity index (χ3n) is 4.96. The van der Waals surface area contributed by atoms with Gasteiger partial charge in [0.1, 0.15) is 17.5 Å². The van der Waals surface area contributed by atoms with E-state index in [-0.39, 0.29) is 11.8 Å². The molecular formula is C18H29N5O. The van der Waals surface area contributed by atoms with E-state index >= 15 is 0 Å². The largest absolute Gasteiger partial charge is 0.368 e. The molecule has 0 atom stereocenters. The first-order valence-electron chi connectivity index (χ1n) is 9.34. The predicted octanol–water partition coefficient (Wildman–Crippen LogP) is 2.49. The van der Waals surface area contributed by atoms with Crippen molar-refractivity contribution in [2.24, 2.45) is 5.92 Å². The first-order valence-corrected chi connectivity index (χ1v) is 9.34. The molecule has 2 fully saturated rings. The number of amides is 1. The number of aryl methyl sites for hydroxylation is 1. The quantitative estimate of drug-likeness (QED) is 0.784. The van der Waals surface area contributed by atoms with Crippen LogP contribution in [0.1, 0.15) is 50.8 Å². The fraction of sp³-hybridized carbons (Fsp3) is 0.722. The van der Waals surface area contributed by atoms with E-state index in [1.54, 1.807) is 0 Å². The fourth-order valence-electron chi connectivity index (χ4n) is 3.64. The molecule has 6 nitrogen and oxygen atoms in total. The molecule has 0 spiro atoms. The van der Waals surface area contributed by atoms with Gasteiger partial charge in [-0.15, -0.1) is 0 Å². The number of nitrogens with zero attached hydrogens (tertiary/aromatic N) is 3. The Balaban J connectivity index is 1.45. The Morgan fingerprint density at radius 1 is 1.12 bits per heavy atom. The summed E-state index contributed by atoms with van der Waals surface area (Å²) in [5.74, 6) is 3.08. The average molecular weight is 331 g/mol. The van der Waals surface area contributed by atoms with Gasteiger partial charge in [-0.3, -0.25) is 4.79 Å². The Bertz CT molecular complexity index is 550. The molecule has 0 radical (unpaired) electrons. The van der Waals surface area contributed by atoms with Gasteiger partial charge in [0.15, 0.2) is 0 Å². The Hall–Kier alpha value is -1.85. The summed E-state index contributed by atoms with van der Waals surface area (Å²) in [6.07, 6.45) is 8.22. The van der Waals surface area contributed by atoms with Crippen molar-refractivity contribution in [1.82, 2.24) is 15.3 Å². The van der Waals surface area contributed by atoms with E-state index < -0.39 is 0 Å². The van der Waals surface area contributed by atoms with Gasteiger partial charge >= 0.3 is 0 Å². The summed E-state index contributed by atoms with van der Waals surface area (Å²) >= 11 is 0. The molecule has 2 heterocycles. The summed E-state index contributed by atoms with van der Waals surface area (Å²) in [4.78, 5) is 23.4. The maximum atomic E-state index is 12.1. The number of rotatable bonds is 6. The van der Waals surface area contributed by atoms with Crippen molar-refractivity contribution >= 4 is 17.5 Å². The van der Waals surface area contributed by atoms with Gasteiger partial charge in [-0.25, -0.2) is 9.97 Å². The summed E-state index contributed by atoms with van der Waals surface area (Å²) in [6.45, 7) is 5.40. The molecule has 24 heavy (non-hydrogen) atoms. The molecule has 1 aromatic rings. The fourth-order valence-corrected chi connectivity index (χ4v) is 3.64. The zero-order valence-electron chi connectivity index (χ0n) is 14.7. The molecule has 2 aliphatic rings. The van der Waals surface area contributed by atoms with E-state index in [4.69, 9.17) is 0 Å². The highest BCUT2D eigenvalue weighted by Gasteiger charge is 2.20. The third kappa shape index (κ3) is 4.58. The van der Waals surface area contributed by atoms with Crippen molar-refractivity contribution in [2.75, 3.05) is 36.4 Å². The highest BCUT2D eigenvalue weighted by molar-refractivity contribution is 5.78. The van der Waals surface area contributed by atoms with Gasteiger partial charge in [0.2, 0.25) is 5.91 Å². The molecule has 0 aromatic carbocycles. The molecule has 6 heteroatoms. The first kappa shape index (κ1) is 17.0. The minimum atomic E-state index is 0.216. The number of hydrogen-bond donors (Lipinski definition) is 2. The second-order valence-corrected chi connectivity index (χ2v) is 6.91. The van der Waals surface area contributed by atoms with Crippen LogP contribution in [0.5, 0.6) is 0 Å². The number of carbonyl (C=O) groups is 1. The normalized spacial score (nSPS) is 18.6. The Kier molecular flexibility index (Phi) is 5.88. The lowest BCUT2D eigenvalue weighted by Crippen LogP contribution is -2.35. The van der Waals surface area contributed by atoms with Crippen LogP contribution in [0.3, 0.4) is 0 Å². The molecule has 0 unspecified atom stereocenters. The van der Waals surface area contributed by atoms with E-state index in [0.29, 0.717) is 13.1 Å². The van der Waals surface area contributed by atoms with Crippen molar-refractivity contribution in [1.29, 1.82) is 0 Å². The number of nitrogens with one attached hydrogen (secondary N) is 2. The van der Waals surface area contributed by atoms with E-state index in [9.17, 15) is 4.79 Å². The predicted molar refractivity (Wildman–Crippen MR) is 96.3 cm³/mol. The van der Waals surface area contributed by atoms with Crippen molar-refractivity contribution in [2.45, 2.75) is 51.9 Å². The van der Waals surface area contributed by atoms with Crippen LogP contribution < -0.4 is 15.5 Å². The van der Waals surface area contributed by atoms with Crippen LogP contribution in [-0.4, -0.2) is 42.1 Å². The van der Waals surface area contributed by atoms with Crippen LogP contribution in [0.2, 0.25) is 0 Å². The second kappa shape index (κ2) is 8.31. The summed E-state index contributed by atoms with van der Waals surface area (Å²) < 4.78 is 0. The lowest BCUT2D eigenvalue weighted by atomic mass is 9.89. The molecule has 1 aromatic heterocycles. The zero-order valence-corrected chi connectivity index (χ0v) is 14.7. The Labute approximate surface area is 144 Å². The minimum Gasteiger partial charge on any atom is -0.368 e. The van der Waals surface area contributed by atoms with Crippen LogP contribution in [0, 0.1) is 12.8 Å². The topological polar surface area (TPSA) is 70.2 Å². The van der Waals surface area contributed by atoms with Crippen LogP contribution in [0.25, 0.3) is 0 Å². The average Bonchev–Trinajstić information content (AvgIpc) is 3.13. The van der Waals surface area contributed by atoms with Crippen molar-refractivity contribution in [3.05, 3.63) is 11.9 Å². The van der Waals surface area contributed by atoms with Gasteiger partial charge in [-0.05, 0) is 32.6 Å². The standard InChI is InChI=1S/C18H29N5O/c1-14-21-16(13-17(22-14)23-11-5-6-12-23)19-9-10-20-18(24)15-7-3-2-4-8-15/h13,15H,2-12H2,1H3,(H,20,24)(H,19,21,22). The summed E-state index contributed by atoms with van der Waals surface area (Å²) in [7, 11) is 0. The summed E-state index contributed by atoms with van der Waals surface area (Å²) in [5, 5.41) is 6.37. The van der Waals surface area contributed by atoms with Gasteiger partial charge in [0.05, 0.1) is 0 Å². The van der Waals surface area contributed by atoms with Crippen molar-refractivity contribution in [3.63, 3.8) is 0 Å². The van der Waals surface area contributed by atoms with Gasteiger partial charge in [-0.2, -0.15) is 0 Å². The molecule has 1 aliphatic heterocycles.